The Morgan fingerprint density at radius 1 is 1.17 bits per heavy atom. The summed E-state index contributed by atoms with van der Waals surface area (Å²) < 4.78 is 5.92. The highest BCUT2D eigenvalue weighted by molar-refractivity contribution is 6.20. The van der Waals surface area contributed by atoms with E-state index in [9.17, 15) is 9.59 Å². The van der Waals surface area contributed by atoms with E-state index in [-0.39, 0.29) is 23.8 Å². The van der Waals surface area contributed by atoms with Crippen LogP contribution in [0.1, 0.15) is 24.8 Å². The highest BCUT2D eigenvalue weighted by atomic mass is 16.5. The van der Waals surface area contributed by atoms with Crippen LogP contribution in [0.3, 0.4) is 0 Å². The molecule has 4 rings (SSSR count). The molecule has 1 aromatic carbocycles. The first-order valence-electron chi connectivity index (χ1n) is 8.12. The molecule has 4 nitrogen and oxygen atoms in total. The maximum Gasteiger partial charge on any atom is 0.261 e. The zero-order valence-electron chi connectivity index (χ0n) is 13.1. The number of ether oxygens (including phenoxy) is 1. The van der Waals surface area contributed by atoms with Crippen LogP contribution in [-0.2, 0) is 9.59 Å². The first kappa shape index (κ1) is 14.2. The highest BCUT2D eigenvalue weighted by Crippen LogP contribution is 2.38. The SMILES string of the molecule is Cc1ccc(OC2CC2CN2C(=O)C3=C(CCC=C3)C2=O)cc1. The summed E-state index contributed by atoms with van der Waals surface area (Å²) in [5.41, 5.74) is 2.48. The quantitative estimate of drug-likeness (QED) is 0.804. The van der Waals surface area contributed by atoms with Crippen molar-refractivity contribution in [2.45, 2.75) is 32.3 Å². The smallest absolute Gasteiger partial charge is 0.261 e. The molecule has 1 saturated carbocycles. The lowest BCUT2D eigenvalue weighted by molar-refractivity contribution is -0.137. The van der Waals surface area contributed by atoms with Crippen molar-refractivity contribution in [3.05, 3.63) is 53.1 Å². The first-order valence-corrected chi connectivity index (χ1v) is 8.12. The van der Waals surface area contributed by atoms with Crippen LogP contribution in [-0.4, -0.2) is 29.4 Å². The second-order valence-electron chi connectivity index (χ2n) is 6.52. The van der Waals surface area contributed by atoms with Crippen molar-refractivity contribution in [2.24, 2.45) is 5.92 Å². The Labute approximate surface area is 135 Å². The molecule has 1 heterocycles. The van der Waals surface area contributed by atoms with E-state index in [0.29, 0.717) is 24.1 Å². The van der Waals surface area contributed by atoms with E-state index in [4.69, 9.17) is 4.74 Å². The van der Waals surface area contributed by atoms with Gasteiger partial charge < -0.3 is 4.74 Å². The number of amides is 2. The number of imide groups is 1. The molecule has 118 valence electrons. The topological polar surface area (TPSA) is 46.6 Å². The fourth-order valence-corrected chi connectivity index (χ4v) is 3.24. The third-order valence-electron chi connectivity index (χ3n) is 4.73. The summed E-state index contributed by atoms with van der Waals surface area (Å²) in [7, 11) is 0. The molecule has 2 aliphatic carbocycles. The molecular formula is C19H19NO3. The van der Waals surface area contributed by atoms with E-state index < -0.39 is 0 Å². The van der Waals surface area contributed by atoms with Gasteiger partial charge in [0.15, 0.2) is 0 Å². The molecule has 1 aliphatic heterocycles. The lowest BCUT2D eigenvalue weighted by atomic mass is 10.00. The first-order chi connectivity index (χ1) is 11.1. The van der Waals surface area contributed by atoms with Crippen molar-refractivity contribution in [3.8, 4) is 5.75 Å². The molecular weight excluding hydrogens is 290 g/mol. The zero-order chi connectivity index (χ0) is 16.0. The molecule has 0 saturated heterocycles. The predicted molar refractivity (Wildman–Crippen MR) is 85.8 cm³/mol. The molecule has 2 amide bonds. The molecule has 2 unspecified atom stereocenters. The highest BCUT2D eigenvalue weighted by Gasteiger charge is 2.46. The Kier molecular flexibility index (Phi) is 3.33. The molecule has 1 fully saturated rings. The normalized spacial score (nSPS) is 25.9. The molecule has 2 atom stereocenters. The van der Waals surface area contributed by atoms with Crippen molar-refractivity contribution < 1.29 is 14.3 Å². The Morgan fingerprint density at radius 2 is 1.96 bits per heavy atom. The number of hydrogen-bond donors (Lipinski definition) is 0. The molecule has 0 aromatic heterocycles. The molecule has 0 spiro atoms. The summed E-state index contributed by atoms with van der Waals surface area (Å²) in [6, 6.07) is 7.96. The molecule has 0 radical (unpaired) electrons. The third-order valence-corrected chi connectivity index (χ3v) is 4.73. The molecule has 4 heteroatoms. The van der Waals surface area contributed by atoms with E-state index in [1.807, 2.05) is 37.3 Å². The zero-order valence-corrected chi connectivity index (χ0v) is 13.1. The van der Waals surface area contributed by atoms with Gasteiger partial charge in [0, 0.05) is 23.6 Å². The van der Waals surface area contributed by atoms with Gasteiger partial charge >= 0.3 is 0 Å². The van der Waals surface area contributed by atoms with Gasteiger partial charge in [-0.15, -0.1) is 0 Å². The number of nitrogens with zero attached hydrogens (tertiary/aromatic N) is 1. The Morgan fingerprint density at radius 3 is 2.70 bits per heavy atom. The number of carbonyl (C=O) groups excluding carboxylic acids is 2. The summed E-state index contributed by atoms with van der Waals surface area (Å²) in [6.45, 7) is 2.51. The minimum absolute atomic E-state index is 0.102. The van der Waals surface area contributed by atoms with Crippen molar-refractivity contribution in [1.82, 2.24) is 4.90 Å². The van der Waals surface area contributed by atoms with Gasteiger partial charge in [0.2, 0.25) is 0 Å². The summed E-state index contributed by atoms with van der Waals surface area (Å²) >= 11 is 0. The largest absolute Gasteiger partial charge is 0.490 e. The van der Waals surface area contributed by atoms with E-state index in [1.165, 1.54) is 10.5 Å². The molecule has 1 aromatic rings. The van der Waals surface area contributed by atoms with Gasteiger partial charge in [-0.05, 0) is 38.3 Å². The lowest BCUT2D eigenvalue weighted by Crippen LogP contribution is -2.34. The predicted octanol–water partition coefficient (Wildman–Crippen LogP) is 2.78. The number of carbonyl (C=O) groups is 2. The summed E-state index contributed by atoms with van der Waals surface area (Å²) in [4.78, 5) is 26.2. The van der Waals surface area contributed by atoms with Gasteiger partial charge in [-0.1, -0.05) is 29.8 Å². The van der Waals surface area contributed by atoms with Crippen molar-refractivity contribution in [3.63, 3.8) is 0 Å². The maximum atomic E-state index is 12.4. The van der Waals surface area contributed by atoms with E-state index in [1.54, 1.807) is 6.08 Å². The van der Waals surface area contributed by atoms with Crippen LogP contribution in [0.4, 0.5) is 0 Å². The van der Waals surface area contributed by atoms with Gasteiger partial charge in [0.05, 0.1) is 0 Å². The molecule has 23 heavy (non-hydrogen) atoms. The Hall–Kier alpha value is -2.36. The number of benzene rings is 1. The fraction of sp³-hybridized carbons (Fsp3) is 0.368. The minimum Gasteiger partial charge on any atom is -0.490 e. The Bertz CT molecular complexity index is 729. The summed E-state index contributed by atoms with van der Waals surface area (Å²) in [6.07, 6.45) is 6.28. The molecule has 3 aliphatic rings. The number of aryl methyl sites for hydroxylation is 1. The van der Waals surface area contributed by atoms with Crippen LogP contribution in [0.15, 0.2) is 47.6 Å². The standard InChI is InChI=1S/C19H19NO3/c1-12-6-8-14(9-7-12)23-17-10-13(17)11-20-18(21)15-4-2-3-5-16(15)19(20)22/h2,4,6-9,13,17H,3,5,10-11H2,1H3. The van der Waals surface area contributed by atoms with Gasteiger partial charge in [0.25, 0.3) is 11.8 Å². The number of hydrogen-bond acceptors (Lipinski definition) is 3. The Balaban J connectivity index is 1.37. The summed E-state index contributed by atoms with van der Waals surface area (Å²) in [5, 5.41) is 0. The van der Waals surface area contributed by atoms with Crippen LogP contribution >= 0.6 is 0 Å². The van der Waals surface area contributed by atoms with Gasteiger partial charge in [-0.2, -0.15) is 0 Å². The second-order valence-corrected chi connectivity index (χ2v) is 6.52. The van der Waals surface area contributed by atoms with E-state index in [2.05, 4.69) is 0 Å². The average molecular weight is 309 g/mol. The number of rotatable bonds is 4. The van der Waals surface area contributed by atoms with Gasteiger partial charge in [0.1, 0.15) is 11.9 Å². The van der Waals surface area contributed by atoms with E-state index >= 15 is 0 Å². The summed E-state index contributed by atoms with van der Waals surface area (Å²) in [5.74, 6) is 0.856. The van der Waals surface area contributed by atoms with Crippen molar-refractivity contribution in [2.75, 3.05) is 6.54 Å². The second kappa shape index (κ2) is 5.37. The van der Waals surface area contributed by atoms with Crippen LogP contribution in [0.5, 0.6) is 5.75 Å². The lowest BCUT2D eigenvalue weighted by Gasteiger charge is -2.15. The van der Waals surface area contributed by atoms with Gasteiger partial charge in [-0.25, -0.2) is 0 Å². The third kappa shape index (κ3) is 2.58. The van der Waals surface area contributed by atoms with Gasteiger partial charge in [-0.3, -0.25) is 14.5 Å². The van der Waals surface area contributed by atoms with Crippen LogP contribution < -0.4 is 4.74 Å². The van der Waals surface area contributed by atoms with Crippen molar-refractivity contribution >= 4 is 11.8 Å². The maximum absolute atomic E-state index is 12.4. The molecule has 0 N–H and O–H groups in total. The number of allylic oxidation sites excluding steroid dienone is 1. The monoisotopic (exact) mass is 309 g/mol. The van der Waals surface area contributed by atoms with Crippen LogP contribution in [0.2, 0.25) is 0 Å². The molecule has 0 bridgehead atoms. The van der Waals surface area contributed by atoms with E-state index in [0.717, 1.165) is 18.6 Å². The van der Waals surface area contributed by atoms with Crippen LogP contribution in [0.25, 0.3) is 0 Å². The minimum atomic E-state index is -0.137. The van der Waals surface area contributed by atoms with Crippen molar-refractivity contribution in [1.29, 1.82) is 0 Å². The van der Waals surface area contributed by atoms with Crippen LogP contribution in [0, 0.1) is 12.8 Å². The fourth-order valence-electron chi connectivity index (χ4n) is 3.24. The average Bonchev–Trinajstić information content (AvgIpc) is 3.26.